The van der Waals surface area contributed by atoms with Crippen LogP contribution < -0.4 is 4.72 Å². The second-order valence-electron chi connectivity index (χ2n) is 7.18. The fraction of sp³-hybridized carbons (Fsp3) is 0.333. The molecule has 7 nitrogen and oxygen atoms in total. The topological polar surface area (TPSA) is 90.0 Å². The van der Waals surface area contributed by atoms with Crippen LogP contribution in [0, 0.1) is 13.8 Å². The molecule has 26 heavy (non-hydrogen) atoms. The number of hydrogen-bond donors (Lipinski definition) is 1. The number of aromatic nitrogens is 3. The summed E-state index contributed by atoms with van der Waals surface area (Å²) in [6.45, 7) is 9.28. The van der Waals surface area contributed by atoms with Crippen molar-refractivity contribution >= 4 is 15.8 Å². The lowest BCUT2D eigenvalue weighted by Gasteiger charge is -2.12. The van der Waals surface area contributed by atoms with Crippen LogP contribution in [0.15, 0.2) is 45.8 Å². The second-order valence-corrected chi connectivity index (χ2v) is 8.80. The van der Waals surface area contributed by atoms with Gasteiger partial charge in [-0.2, -0.15) is 5.10 Å². The van der Waals surface area contributed by atoms with E-state index >= 15 is 0 Å². The van der Waals surface area contributed by atoms with E-state index in [0.29, 0.717) is 17.1 Å². The molecule has 3 rings (SSSR count). The lowest BCUT2D eigenvalue weighted by molar-refractivity contribution is 0.331. The summed E-state index contributed by atoms with van der Waals surface area (Å²) in [7, 11) is -3.85. The molecule has 0 fully saturated rings. The van der Waals surface area contributed by atoms with Crippen LogP contribution in [0.3, 0.4) is 0 Å². The number of benzene rings is 1. The predicted octanol–water partition coefficient (Wildman–Crippen LogP) is 3.58. The molecule has 0 spiro atoms. The normalized spacial score (nSPS) is 12.3. The summed E-state index contributed by atoms with van der Waals surface area (Å²) in [6, 6.07) is 11.0. The zero-order valence-corrected chi connectivity index (χ0v) is 16.3. The van der Waals surface area contributed by atoms with Crippen molar-refractivity contribution < 1.29 is 12.9 Å². The molecule has 3 aromatic rings. The Bertz CT molecular complexity index is 1030. The fourth-order valence-electron chi connectivity index (χ4n) is 2.70. The molecule has 0 aliphatic heterocycles. The van der Waals surface area contributed by atoms with Gasteiger partial charge in [0.05, 0.1) is 17.1 Å². The van der Waals surface area contributed by atoms with E-state index in [1.165, 1.54) is 0 Å². The van der Waals surface area contributed by atoms with Crippen molar-refractivity contribution in [2.45, 2.75) is 44.9 Å². The van der Waals surface area contributed by atoms with Crippen molar-refractivity contribution in [3.8, 4) is 5.69 Å². The molecule has 0 aliphatic carbocycles. The number of sulfonamides is 1. The molecule has 138 valence electrons. The maximum Gasteiger partial charge on any atom is 0.266 e. The Morgan fingerprint density at radius 2 is 1.77 bits per heavy atom. The number of aryl methyl sites for hydroxylation is 1. The standard InChI is InChI=1S/C18H22N4O3S/c1-12-17(13(2)22(19-12)14-9-7-6-8-10-14)26(23,24)21-16-11-15(25-20-16)18(3,4)5/h6-11H,1-5H3,(H,20,21). The first-order valence-electron chi connectivity index (χ1n) is 8.21. The van der Waals surface area contributed by atoms with Gasteiger partial charge in [-0.05, 0) is 26.0 Å². The fourth-order valence-corrected chi connectivity index (χ4v) is 4.08. The molecule has 0 atom stereocenters. The number of rotatable bonds is 4. The Kier molecular flexibility index (Phi) is 4.39. The zero-order chi connectivity index (χ0) is 19.1. The number of para-hydroxylation sites is 1. The summed E-state index contributed by atoms with van der Waals surface area (Å²) in [5.74, 6) is 0.754. The predicted molar refractivity (Wildman–Crippen MR) is 99.0 cm³/mol. The van der Waals surface area contributed by atoms with Crippen LogP contribution in [-0.2, 0) is 15.4 Å². The van der Waals surface area contributed by atoms with E-state index in [0.717, 1.165) is 5.69 Å². The Morgan fingerprint density at radius 3 is 2.35 bits per heavy atom. The van der Waals surface area contributed by atoms with Crippen LogP contribution in [0.25, 0.3) is 5.69 Å². The summed E-state index contributed by atoms with van der Waals surface area (Å²) in [6.07, 6.45) is 0. The number of hydrogen-bond acceptors (Lipinski definition) is 5. The van der Waals surface area contributed by atoms with Gasteiger partial charge in [-0.3, -0.25) is 4.72 Å². The highest BCUT2D eigenvalue weighted by atomic mass is 32.2. The largest absolute Gasteiger partial charge is 0.359 e. The number of nitrogens with one attached hydrogen (secondary N) is 1. The van der Waals surface area contributed by atoms with Gasteiger partial charge >= 0.3 is 0 Å². The molecule has 2 aromatic heterocycles. The van der Waals surface area contributed by atoms with Gasteiger partial charge in [0.25, 0.3) is 10.0 Å². The SMILES string of the molecule is Cc1nn(-c2ccccc2)c(C)c1S(=O)(=O)Nc1cc(C(C)(C)C)on1. The van der Waals surface area contributed by atoms with Crippen LogP contribution in [0.4, 0.5) is 5.82 Å². The molecule has 0 saturated carbocycles. The highest BCUT2D eigenvalue weighted by Crippen LogP contribution is 2.27. The molecule has 0 bridgehead atoms. The third-order valence-electron chi connectivity index (χ3n) is 3.98. The lowest BCUT2D eigenvalue weighted by Crippen LogP contribution is -2.15. The van der Waals surface area contributed by atoms with E-state index < -0.39 is 10.0 Å². The molecule has 8 heteroatoms. The van der Waals surface area contributed by atoms with Crippen molar-refractivity contribution in [2.75, 3.05) is 4.72 Å². The Labute approximate surface area is 153 Å². The molecular weight excluding hydrogens is 352 g/mol. The second kappa shape index (κ2) is 6.28. The molecule has 1 N–H and O–H groups in total. The van der Waals surface area contributed by atoms with Crippen molar-refractivity contribution in [1.82, 2.24) is 14.9 Å². The molecule has 1 aromatic carbocycles. The monoisotopic (exact) mass is 374 g/mol. The maximum absolute atomic E-state index is 12.9. The average Bonchev–Trinajstić information content (AvgIpc) is 3.12. The van der Waals surface area contributed by atoms with Gasteiger partial charge in [0.1, 0.15) is 10.7 Å². The third kappa shape index (κ3) is 3.37. The third-order valence-corrected chi connectivity index (χ3v) is 5.59. The van der Waals surface area contributed by atoms with Gasteiger partial charge in [-0.1, -0.05) is 44.1 Å². The Balaban J connectivity index is 1.98. The molecule has 2 heterocycles. The van der Waals surface area contributed by atoms with E-state index in [2.05, 4.69) is 15.0 Å². The smallest absolute Gasteiger partial charge is 0.266 e. The van der Waals surface area contributed by atoms with E-state index in [1.54, 1.807) is 24.6 Å². The van der Waals surface area contributed by atoms with Crippen molar-refractivity contribution in [2.24, 2.45) is 0 Å². The maximum atomic E-state index is 12.9. The number of nitrogens with zero attached hydrogens (tertiary/aromatic N) is 3. The van der Waals surface area contributed by atoms with Crippen LogP contribution in [0.2, 0.25) is 0 Å². The van der Waals surface area contributed by atoms with Gasteiger partial charge in [-0.15, -0.1) is 0 Å². The summed E-state index contributed by atoms with van der Waals surface area (Å²) in [5.41, 5.74) is 1.48. The molecule has 0 saturated heterocycles. The summed E-state index contributed by atoms with van der Waals surface area (Å²) >= 11 is 0. The summed E-state index contributed by atoms with van der Waals surface area (Å²) < 4.78 is 35.2. The Morgan fingerprint density at radius 1 is 1.12 bits per heavy atom. The lowest BCUT2D eigenvalue weighted by atomic mass is 9.93. The Hall–Kier alpha value is -2.61. The molecule has 0 amide bonds. The molecule has 0 radical (unpaired) electrons. The van der Waals surface area contributed by atoms with Crippen LogP contribution in [0.1, 0.15) is 37.9 Å². The van der Waals surface area contributed by atoms with Gasteiger partial charge < -0.3 is 4.52 Å². The van der Waals surface area contributed by atoms with Crippen LogP contribution in [0.5, 0.6) is 0 Å². The van der Waals surface area contributed by atoms with Crippen molar-refractivity contribution in [1.29, 1.82) is 0 Å². The van der Waals surface area contributed by atoms with Crippen molar-refractivity contribution in [3.05, 3.63) is 53.5 Å². The summed E-state index contributed by atoms with van der Waals surface area (Å²) in [5, 5.41) is 8.21. The first-order chi connectivity index (χ1) is 12.1. The highest BCUT2D eigenvalue weighted by molar-refractivity contribution is 7.92. The first-order valence-corrected chi connectivity index (χ1v) is 9.69. The average molecular weight is 374 g/mol. The minimum atomic E-state index is -3.85. The van der Waals surface area contributed by atoms with E-state index in [1.807, 2.05) is 51.1 Å². The van der Waals surface area contributed by atoms with Crippen LogP contribution in [-0.4, -0.2) is 23.4 Å². The zero-order valence-electron chi connectivity index (χ0n) is 15.4. The van der Waals surface area contributed by atoms with Gasteiger partial charge in [0, 0.05) is 11.5 Å². The highest BCUT2D eigenvalue weighted by Gasteiger charge is 2.27. The molecule has 0 aliphatic rings. The van der Waals surface area contributed by atoms with Crippen molar-refractivity contribution in [3.63, 3.8) is 0 Å². The first kappa shape index (κ1) is 18.2. The minimum Gasteiger partial charge on any atom is -0.359 e. The minimum absolute atomic E-state index is 0.140. The van der Waals surface area contributed by atoms with Gasteiger partial charge in [0.2, 0.25) is 0 Å². The van der Waals surface area contributed by atoms with E-state index in [9.17, 15) is 8.42 Å². The summed E-state index contributed by atoms with van der Waals surface area (Å²) in [4.78, 5) is 0.140. The van der Waals surface area contributed by atoms with E-state index in [4.69, 9.17) is 4.52 Å². The molecular formula is C18H22N4O3S. The number of anilines is 1. The van der Waals surface area contributed by atoms with E-state index in [-0.39, 0.29) is 16.1 Å². The van der Waals surface area contributed by atoms with Gasteiger partial charge in [-0.25, -0.2) is 13.1 Å². The van der Waals surface area contributed by atoms with Gasteiger partial charge in [0.15, 0.2) is 5.82 Å². The quantitative estimate of drug-likeness (QED) is 0.754. The van der Waals surface area contributed by atoms with Crippen LogP contribution >= 0.6 is 0 Å². The molecule has 0 unspecified atom stereocenters.